The normalized spacial score (nSPS) is 14.8. The fourth-order valence-electron chi connectivity index (χ4n) is 6.62. The van der Waals surface area contributed by atoms with E-state index in [4.69, 9.17) is 14.5 Å². The fourth-order valence-corrected chi connectivity index (χ4v) is 6.62. The third kappa shape index (κ3) is 6.69. The molecular weight excluding hydrogens is 604 g/mol. The molecule has 4 aromatic rings. The predicted octanol–water partition coefficient (Wildman–Crippen LogP) is 5.31. The zero-order chi connectivity index (χ0) is 33.1. The van der Waals surface area contributed by atoms with Gasteiger partial charge in [-0.1, -0.05) is 18.7 Å². The Bertz CT molecular complexity index is 1810. The van der Waals surface area contributed by atoms with Crippen LogP contribution in [-0.2, 0) is 35.3 Å². The Morgan fingerprint density at radius 1 is 1.11 bits per heavy atom. The van der Waals surface area contributed by atoms with Crippen LogP contribution in [0.2, 0.25) is 0 Å². The zero-order valence-electron chi connectivity index (χ0n) is 26.7. The second-order valence-corrected chi connectivity index (χ2v) is 12.0. The van der Waals surface area contributed by atoms with Crippen LogP contribution in [0, 0.1) is 11.6 Å². The second kappa shape index (κ2) is 14.1. The highest BCUT2D eigenvalue weighted by Crippen LogP contribution is 2.47. The van der Waals surface area contributed by atoms with E-state index < -0.39 is 17.7 Å². The molecule has 1 amide bonds. The number of aliphatic hydroxyl groups is 1. The predicted molar refractivity (Wildman–Crippen MR) is 175 cm³/mol. The van der Waals surface area contributed by atoms with Gasteiger partial charge >= 0.3 is 0 Å². The number of β-amino-alcohol motifs (C(OH)–C–C–N with tert-alkyl or cyclic N) is 1. The number of ether oxygens (including phenoxy) is 2. The number of benzene rings is 2. The van der Waals surface area contributed by atoms with Gasteiger partial charge in [0.2, 0.25) is 5.91 Å². The van der Waals surface area contributed by atoms with Crippen molar-refractivity contribution in [2.75, 3.05) is 40.0 Å². The van der Waals surface area contributed by atoms with E-state index in [1.165, 1.54) is 30.4 Å². The lowest BCUT2D eigenvalue weighted by Gasteiger charge is -2.28. The lowest BCUT2D eigenvalue weighted by atomic mass is 9.89. The molecule has 2 aromatic carbocycles. The summed E-state index contributed by atoms with van der Waals surface area (Å²) in [6.07, 6.45) is 4.36. The van der Waals surface area contributed by atoms with Crippen molar-refractivity contribution in [1.29, 1.82) is 0 Å². The molecule has 11 heteroatoms. The van der Waals surface area contributed by atoms with Crippen molar-refractivity contribution in [2.45, 2.75) is 45.2 Å². The molecule has 0 radical (unpaired) electrons. The number of hydrogen-bond donors (Lipinski definition) is 3. The van der Waals surface area contributed by atoms with Crippen molar-refractivity contribution in [1.82, 2.24) is 25.4 Å². The fraction of sp³-hybridized carbons (Fsp3) is 0.361. The minimum atomic E-state index is -0.762. The van der Waals surface area contributed by atoms with Crippen molar-refractivity contribution in [2.24, 2.45) is 0 Å². The Hall–Kier alpha value is -4.45. The summed E-state index contributed by atoms with van der Waals surface area (Å²) in [5.41, 5.74) is 8.26. The van der Waals surface area contributed by atoms with Gasteiger partial charge in [0.25, 0.3) is 0 Å². The third-order valence-corrected chi connectivity index (χ3v) is 8.92. The number of amides is 1. The molecule has 0 fully saturated rings. The van der Waals surface area contributed by atoms with Gasteiger partial charge in [-0.2, -0.15) is 5.10 Å². The average Bonchev–Trinajstić information content (AvgIpc) is 3.75. The first kappa shape index (κ1) is 32.5. The van der Waals surface area contributed by atoms with Crippen LogP contribution in [0.3, 0.4) is 0 Å². The van der Waals surface area contributed by atoms with E-state index in [-0.39, 0.29) is 37.0 Å². The molecule has 47 heavy (non-hydrogen) atoms. The highest BCUT2D eigenvalue weighted by Gasteiger charge is 2.31. The molecule has 1 atom stereocenters. The summed E-state index contributed by atoms with van der Waals surface area (Å²) >= 11 is 0. The van der Waals surface area contributed by atoms with Gasteiger partial charge < -0.3 is 19.9 Å². The zero-order valence-corrected chi connectivity index (χ0v) is 26.7. The monoisotopic (exact) mass is 643 g/mol. The minimum Gasteiger partial charge on any atom is -0.490 e. The number of carbonyl (C=O) groups excluding carboxylic acids is 1. The second-order valence-electron chi connectivity index (χ2n) is 12.0. The smallest absolute Gasteiger partial charge is 0.243 e. The summed E-state index contributed by atoms with van der Waals surface area (Å²) in [6, 6.07) is 9.83. The quantitative estimate of drug-likeness (QED) is 0.142. The van der Waals surface area contributed by atoms with E-state index in [0.29, 0.717) is 35.6 Å². The Labute approximate surface area is 272 Å². The van der Waals surface area contributed by atoms with E-state index in [9.17, 15) is 14.3 Å². The number of H-pyrrole nitrogens is 1. The summed E-state index contributed by atoms with van der Waals surface area (Å²) in [5.74, 6) is -1.78. The first-order valence-electron chi connectivity index (χ1n) is 15.9. The van der Waals surface area contributed by atoms with Crippen molar-refractivity contribution in [3.63, 3.8) is 0 Å². The lowest BCUT2D eigenvalue weighted by molar-refractivity contribution is -0.117. The molecule has 6 rings (SSSR count). The van der Waals surface area contributed by atoms with Crippen molar-refractivity contribution < 1.29 is 28.2 Å². The van der Waals surface area contributed by atoms with Crippen LogP contribution in [0.5, 0.6) is 5.75 Å². The van der Waals surface area contributed by atoms with Crippen LogP contribution in [-0.4, -0.2) is 71.1 Å². The molecule has 2 aromatic heterocycles. The van der Waals surface area contributed by atoms with Gasteiger partial charge in [-0.15, -0.1) is 0 Å². The first-order valence-corrected chi connectivity index (χ1v) is 15.9. The van der Waals surface area contributed by atoms with Crippen LogP contribution in [0.1, 0.15) is 47.3 Å². The number of halogens is 2. The largest absolute Gasteiger partial charge is 0.490 e. The van der Waals surface area contributed by atoms with Crippen molar-refractivity contribution in [3.05, 3.63) is 88.6 Å². The first-order chi connectivity index (χ1) is 22.8. The standard InChI is InChI=1S/C36H39F2N5O4/c1-4-32(45)39-21(2)29-19-30(42-41-29)36-33(34-28(38)17-25(37)18-31(34)47-15-14-46-3)26-6-5-7-27(26)35(40-36)23-9-8-22-10-11-43(12-13-44)20-24(22)16-23/h4,8-9,16-19,21,44H,1,5-7,10-15,20H2,2-3H3,(H,39,45)(H,41,42)/t21-/m1/s1. The maximum absolute atomic E-state index is 16.0. The summed E-state index contributed by atoms with van der Waals surface area (Å²) in [4.78, 5) is 19.5. The Morgan fingerprint density at radius 3 is 2.72 bits per heavy atom. The molecule has 2 aliphatic rings. The van der Waals surface area contributed by atoms with Gasteiger partial charge in [-0.3, -0.25) is 14.8 Å². The van der Waals surface area contributed by atoms with Crippen LogP contribution in [0.25, 0.3) is 33.8 Å². The van der Waals surface area contributed by atoms with Crippen molar-refractivity contribution in [3.8, 4) is 39.5 Å². The summed E-state index contributed by atoms with van der Waals surface area (Å²) in [6.45, 7) is 8.02. The molecule has 246 valence electrons. The molecule has 0 saturated carbocycles. The summed E-state index contributed by atoms with van der Waals surface area (Å²) in [5, 5.41) is 19.9. The Morgan fingerprint density at radius 2 is 1.94 bits per heavy atom. The number of aliphatic hydroxyl groups excluding tert-OH is 1. The van der Waals surface area contributed by atoms with Gasteiger partial charge in [0, 0.05) is 50.0 Å². The van der Waals surface area contributed by atoms with Crippen LogP contribution in [0.4, 0.5) is 8.78 Å². The topological polar surface area (TPSA) is 113 Å². The number of rotatable bonds is 12. The van der Waals surface area contributed by atoms with E-state index >= 15 is 4.39 Å². The number of hydrogen-bond acceptors (Lipinski definition) is 7. The third-order valence-electron chi connectivity index (χ3n) is 8.92. The van der Waals surface area contributed by atoms with E-state index in [0.717, 1.165) is 60.8 Å². The Balaban J connectivity index is 1.55. The summed E-state index contributed by atoms with van der Waals surface area (Å²) in [7, 11) is 1.53. The SMILES string of the molecule is C=CC(=O)N[C@H](C)c1cc(-c2nc(-c3ccc4c(c3)CN(CCO)CC4)c3c(c2-c2c(F)cc(F)cc2OCCOC)CCC3)n[nH]1. The maximum Gasteiger partial charge on any atom is 0.243 e. The molecule has 0 saturated heterocycles. The molecule has 1 aliphatic heterocycles. The Kier molecular flexibility index (Phi) is 9.76. The van der Waals surface area contributed by atoms with Gasteiger partial charge in [0.05, 0.1) is 41.9 Å². The van der Waals surface area contributed by atoms with Crippen LogP contribution in [0.15, 0.2) is 49.1 Å². The molecular formula is C36H39F2N5O4. The van der Waals surface area contributed by atoms with Gasteiger partial charge in [0.1, 0.15) is 29.7 Å². The highest BCUT2D eigenvalue weighted by atomic mass is 19.1. The highest BCUT2D eigenvalue weighted by molar-refractivity contribution is 5.90. The minimum absolute atomic E-state index is 0.0598. The van der Waals surface area contributed by atoms with E-state index in [2.05, 4.69) is 45.2 Å². The van der Waals surface area contributed by atoms with E-state index in [1.807, 2.05) is 6.92 Å². The number of carbonyl (C=O) groups is 1. The number of nitrogens with one attached hydrogen (secondary N) is 2. The molecule has 3 N–H and O–H groups in total. The molecule has 0 spiro atoms. The maximum atomic E-state index is 16.0. The number of aromatic amines is 1. The number of methoxy groups -OCH3 is 1. The number of aromatic nitrogens is 3. The van der Waals surface area contributed by atoms with E-state index in [1.54, 1.807) is 6.07 Å². The molecule has 1 aliphatic carbocycles. The number of nitrogens with zero attached hydrogens (tertiary/aromatic N) is 3. The lowest BCUT2D eigenvalue weighted by Crippen LogP contribution is -2.32. The van der Waals surface area contributed by atoms with Gasteiger partial charge in [-0.05, 0) is 73.1 Å². The molecule has 0 bridgehead atoms. The van der Waals surface area contributed by atoms with Gasteiger partial charge in [-0.25, -0.2) is 13.8 Å². The van der Waals surface area contributed by atoms with Gasteiger partial charge in [0.15, 0.2) is 0 Å². The summed E-state index contributed by atoms with van der Waals surface area (Å²) < 4.78 is 41.7. The number of fused-ring (bicyclic) bond motifs is 2. The van der Waals surface area contributed by atoms with Crippen LogP contribution < -0.4 is 10.1 Å². The molecule has 0 unspecified atom stereocenters. The van der Waals surface area contributed by atoms with Crippen LogP contribution >= 0.6 is 0 Å². The molecule has 3 heterocycles. The number of pyridine rings is 1. The van der Waals surface area contributed by atoms with Crippen molar-refractivity contribution >= 4 is 5.91 Å². The average molecular weight is 644 g/mol. The molecule has 9 nitrogen and oxygen atoms in total.